The standard InChI is InChI=1S/C33H19F12N/c34-30(35,36)21-9-1-17(2-10-21)25-26(18-3-11-22(12-4-18)31(37,38)39)28(20-7-15-24(16-8-20)33(43,44)45)29(46)27(25)19-5-13-23(14-6-19)32(40,41)42/h1-11,13-16,22,46H,12H2. The van der Waals surface area contributed by atoms with E-state index in [-0.39, 0.29) is 44.6 Å². The van der Waals surface area contributed by atoms with E-state index in [0.29, 0.717) is 0 Å². The van der Waals surface area contributed by atoms with Gasteiger partial charge in [-0.05, 0) is 70.7 Å². The molecule has 2 aliphatic carbocycles. The minimum absolute atomic E-state index is 0.00902. The first-order valence-electron chi connectivity index (χ1n) is 13.3. The Morgan fingerprint density at radius 3 is 1.13 bits per heavy atom. The molecule has 3 aromatic rings. The summed E-state index contributed by atoms with van der Waals surface area (Å²) < 4.78 is 161. The van der Waals surface area contributed by atoms with Crippen molar-refractivity contribution in [3.05, 3.63) is 136 Å². The summed E-state index contributed by atoms with van der Waals surface area (Å²) in [6, 6.07) is 10.6. The van der Waals surface area contributed by atoms with Gasteiger partial charge in [0.25, 0.3) is 0 Å². The van der Waals surface area contributed by atoms with Gasteiger partial charge in [-0.25, -0.2) is 0 Å². The zero-order chi connectivity index (χ0) is 33.8. The summed E-state index contributed by atoms with van der Waals surface area (Å²) in [5, 5.41) is 9.13. The highest BCUT2D eigenvalue weighted by Gasteiger charge is 2.40. The second-order valence-electron chi connectivity index (χ2n) is 10.5. The first-order chi connectivity index (χ1) is 21.3. The van der Waals surface area contributed by atoms with Crippen molar-refractivity contribution in [3.8, 4) is 0 Å². The summed E-state index contributed by atoms with van der Waals surface area (Å²) in [5.74, 6) is -1.87. The predicted octanol–water partition coefficient (Wildman–Crippen LogP) is 11.2. The average Bonchev–Trinajstić information content (AvgIpc) is 3.28. The summed E-state index contributed by atoms with van der Waals surface area (Å²) in [6.45, 7) is 0. The Morgan fingerprint density at radius 2 is 0.826 bits per heavy atom. The van der Waals surface area contributed by atoms with Crippen LogP contribution in [0.5, 0.6) is 0 Å². The third-order valence-electron chi connectivity index (χ3n) is 7.56. The summed E-state index contributed by atoms with van der Waals surface area (Å²) in [7, 11) is 0. The van der Waals surface area contributed by atoms with Crippen LogP contribution in [0.1, 0.15) is 39.8 Å². The highest BCUT2D eigenvalue weighted by Crippen LogP contribution is 2.50. The Balaban J connectivity index is 1.79. The van der Waals surface area contributed by atoms with Crippen molar-refractivity contribution in [3.63, 3.8) is 0 Å². The van der Waals surface area contributed by atoms with Crippen molar-refractivity contribution in [1.29, 1.82) is 5.41 Å². The van der Waals surface area contributed by atoms with E-state index in [9.17, 15) is 52.7 Å². The fraction of sp³-hybridized carbons (Fsp3) is 0.182. The molecule has 1 atom stereocenters. The zero-order valence-corrected chi connectivity index (χ0v) is 23.0. The Kier molecular flexibility index (Phi) is 8.11. The van der Waals surface area contributed by atoms with Crippen molar-refractivity contribution in [2.24, 2.45) is 5.92 Å². The smallest absolute Gasteiger partial charge is 0.300 e. The molecule has 0 amide bonds. The van der Waals surface area contributed by atoms with Gasteiger partial charge < -0.3 is 0 Å². The number of allylic oxidation sites excluding steroid dienone is 8. The third-order valence-corrected chi connectivity index (χ3v) is 7.56. The van der Waals surface area contributed by atoms with Crippen LogP contribution in [0.25, 0.3) is 16.7 Å². The van der Waals surface area contributed by atoms with Crippen molar-refractivity contribution >= 4 is 22.4 Å². The summed E-state index contributed by atoms with van der Waals surface area (Å²) >= 11 is 0. The summed E-state index contributed by atoms with van der Waals surface area (Å²) in [5.41, 5.74) is -3.47. The van der Waals surface area contributed by atoms with Gasteiger partial charge in [-0.3, -0.25) is 5.41 Å². The molecule has 0 heterocycles. The van der Waals surface area contributed by atoms with E-state index in [0.717, 1.165) is 84.9 Å². The summed E-state index contributed by atoms with van der Waals surface area (Å²) in [4.78, 5) is 0. The van der Waals surface area contributed by atoms with Crippen LogP contribution >= 0.6 is 0 Å². The van der Waals surface area contributed by atoms with E-state index in [1.165, 1.54) is 6.08 Å². The molecule has 1 unspecified atom stereocenters. The maximum atomic E-state index is 13.5. The molecule has 3 aromatic carbocycles. The van der Waals surface area contributed by atoms with Gasteiger partial charge in [0.1, 0.15) is 0 Å². The molecule has 0 saturated carbocycles. The van der Waals surface area contributed by atoms with Gasteiger partial charge in [0.05, 0.1) is 28.3 Å². The Bertz CT molecular complexity index is 1770. The minimum atomic E-state index is -4.74. The first kappa shape index (κ1) is 32.8. The van der Waals surface area contributed by atoms with Crippen LogP contribution in [0.15, 0.2) is 102 Å². The normalized spacial score (nSPS) is 18.0. The van der Waals surface area contributed by atoms with E-state index < -0.39 is 59.4 Å². The fourth-order valence-electron chi connectivity index (χ4n) is 5.31. The van der Waals surface area contributed by atoms with Crippen LogP contribution in [-0.2, 0) is 18.5 Å². The number of rotatable bonds is 4. The third kappa shape index (κ3) is 6.40. The average molecular weight is 657 g/mol. The molecule has 0 radical (unpaired) electrons. The van der Waals surface area contributed by atoms with Gasteiger partial charge in [-0.15, -0.1) is 0 Å². The fourth-order valence-corrected chi connectivity index (χ4v) is 5.31. The van der Waals surface area contributed by atoms with Crippen LogP contribution in [0.3, 0.4) is 0 Å². The van der Waals surface area contributed by atoms with Gasteiger partial charge in [0, 0.05) is 16.7 Å². The Morgan fingerprint density at radius 1 is 0.478 bits per heavy atom. The Hall–Kier alpha value is -4.55. The number of hydrogen-bond donors (Lipinski definition) is 1. The number of nitrogens with one attached hydrogen (secondary N) is 1. The van der Waals surface area contributed by atoms with E-state index in [2.05, 4.69) is 0 Å². The number of benzene rings is 3. The molecule has 0 fully saturated rings. The number of hydrogen-bond acceptors (Lipinski definition) is 1. The largest absolute Gasteiger partial charge is 0.416 e. The zero-order valence-electron chi connectivity index (χ0n) is 23.0. The lowest BCUT2D eigenvalue weighted by molar-refractivity contribution is -0.160. The maximum Gasteiger partial charge on any atom is 0.416 e. The van der Waals surface area contributed by atoms with Crippen LogP contribution in [0.2, 0.25) is 0 Å². The highest BCUT2D eigenvalue weighted by molar-refractivity contribution is 6.54. The molecular formula is C33H19F12N. The van der Waals surface area contributed by atoms with Crippen molar-refractivity contribution in [2.75, 3.05) is 0 Å². The van der Waals surface area contributed by atoms with Crippen LogP contribution < -0.4 is 0 Å². The minimum Gasteiger partial charge on any atom is -0.300 e. The molecule has 13 heteroatoms. The second kappa shape index (κ2) is 11.4. The molecule has 5 rings (SSSR count). The molecule has 2 aliphatic rings. The lowest BCUT2D eigenvalue weighted by atomic mass is 9.84. The molecule has 0 aliphatic heterocycles. The van der Waals surface area contributed by atoms with Gasteiger partial charge in [-0.1, -0.05) is 54.6 Å². The quantitative estimate of drug-likeness (QED) is 0.270. The monoisotopic (exact) mass is 657 g/mol. The van der Waals surface area contributed by atoms with E-state index >= 15 is 0 Å². The molecule has 0 aromatic heterocycles. The van der Waals surface area contributed by atoms with E-state index in [1.807, 2.05) is 0 Å². The lowest BCUT2D eigenvalue weighted by Gasteiger charge is -2.22. The molecule has 0 bridgehead atoms. The number of halogens is 12. The summed E-state index contributed by atoms with van der Waals surface area (Å²) in [6.07, 6.45) is -16.2. The van der Waals surface area contributed by atoms with Crippen LogP contribution in [0, 0.1) is 11.3 Å². The SMILES string of the molecule is N=C1C(c2ccc(C(F)(F)F)cc2)=C(C2=CCC(C(F)(F)F)C=C2)C(c2ccc(C(F)(F)F)cc2)=C1c1ccc(C(F)(F)F)cc1. The highest BCUT2D eigenvalue weighted by atomic mass is 19.4. The van der Waals surface area contributed by atoms with Gasteiger partial charge in [0.15, 0.2) is 0 Å². The predicted molar refractivity (Wildman–Crippen MR) is 147 cm³/mol. The number of alkyl halides is 12. The van der Waals surface area contributed by atoms with Crippen LogP contribution in [0.4, 0.5) is 52.7 Å². The maximum absolute atomic E-state index is 13.5. The van der Waals surface area contributed by atoms with Gasteiger partial charge >= 0.3 is 24.7 Å². The van der Waals surface area contributed by atoms with E-state index in [4.69, 9.17) is 5.41 Å². The van der Waals surface area contributed by atoms with Crippen molar-refractivity contribution in [1.82, 2.24) is 0 Å². The molecule has 46 heavy (non-hydrogen) atoms. The van der Waals surface area contributed by atoms with Crippen molar-refractivity contribution < 1.29 is 52.7 Å². The molecule has 0 spiro atoms. The molecule has 1 nitrogen and oxygen atoms in total. The first-order valence-corrected chi connectivity index (χ1v) is 13.3. The molecule has 240 valence electrons. The lowest BCUT2D eigenvalue weighted by Crippen LogP contribution is -2.21. The molecule has 0 saturated heterocycles. The van der Waals surface area contributed by atoms with Gasteiger partial charge in [-0.2, -0.15) is 52.7 Å². The van der Waals surface area contributed by atoms with E-state index in [1.54, 1.807) is 0 Å². The van der Waals surface area contributed by atoms with Crippen molar-refractivity contribution in [2.45, 2.75) is 31.1 Å². The van der Waals surface area contributed by atoms with Gasteiger partial charge in [0.2, 0.25) is 0 Å². The second-order valence-corrected chi connectivity index (χ2v) is 10.5. The Labute approximate surface area is 253 Å². The topological polar surface area (TPSA) is 23.9 Å². The molecular weight excluding hydrogens is 638 g/mol. The molecule has 1 N–H and O–H groups in total. The van der Waals surface area contributed by atoms with Crippen LogP contribution in [-0.4, -0.2) is 11.9 Å².